The summed E-state index contributed by atoms with van der Waals surface area (Å²) in [6, 6.07) is 9.31. The van der Waals surface area contributed by atoms with Gasteiger partial charge in [-0.15, -0.1) is 0 Å². The maximum Gasteiger partial charge on any atom is 0.339 e. The molecule has 1 heterocycles. The van der Waals surface area contributed by atoms with Crippen molar-refractivity contribution in [2.24, 2.45) is 0 Å². The zero-order valence-corrected chi connectivity index (χ0v) is 10.0. The van der Waals surface area contributed by atoms with Gasteiger partial charge in [0.05, 0.1) is 6.54 Å². The SMILES string of the molecule is O=C(O)c1ccccc1OCCn1ncccc1=O. The minimum Gasteiger partial charge on any atom is -0.491 e. The van der Waals surface area contributed by atoms with Crippen molar-refractivity contribution in [2.45, 2.75) is 6.54 Å². The molecular weight excluding hydrogens is 248 g/mol. The van der Waals surface area contributed by atoms with Crippen molar-refractivity contribution in [3.63, 3.8) is 0 Å². The van der Waals surface area contributed by atoms with E-state index in [9.17, 15) is 9.59 Å². The molecule has 0 atom stereocenters. The normalized spacial score (nSPS) is 10.1. The molecule has 98 valence electrons. The van der Waals surface area contributed by atoms with Gasteiger partial charge >= 0.3 is 5.97 Å². The van der Waals surface area contributed by atoms with Gasteiger partial charge in [0.25, 0.3) is 5.56 Å². The van der Waals surface area contributed by atoms with Gasteiger partial charge in [-0.05, 0) is 18.2 Å². The maximum absolute atomic E-state index is 11.4. The summed E-state index contributed by atoms with van der Waals surface area (Å²) in [7, 11) is 0. The lowest BCUT2D eigenvalue weighted by Gasteiger charge is -2.09. The molecule has 2 aromatic rings. The molecule has 6 nitrogen and oxygen atoms in total. The number of hydrogen-bond acceptors (Lipinski definition) is 4. The number of benzene rings is 1. The van der Waals surface area contributed by atoms with E-state index in [2.05, 4.69) is 5.10 Å². The van der Waals surface area contributed by atoms with Gasteiger partial charge in [0.2, 0.25) is 0 Å². The summed E-state index contributed by atoms with van der Waals surface area (Å²) in [6.45, 7) is 0.425. The van der Waals surface area contributed by atoms with E-state index in [0.717, 1.165) is 0 Å². The number of ether oxygens (including phenoxy) is 1. The Morgan fingerprint density at radius 1 is 1.26 bits per heavy atom. The van der Waals surface area contributed by atoms with E-state index in [-0.39, 0.29) is 30.0 Å². The van der Waals surface area contributed by atoms with Crippen LogP contribution in [0.25, 0.3) is 0 Å². The second kappa shape index (κ2) is 5.81. The van der Waals surface area contributed by atoms with Crippen molar-refractivity contribution in [3.8, 4) is 5.75 Å². The summed E-state index contributed by atoms with van der Waals surface area (Å²) >= 11 is 0. The zero-order chi connectivity index (χ0) is 13.7. The minimum atomic E-state index is -1.05. The molecule has 0 bridgehead atoms. The Morgan fingerprint density at radius 3 is 2.79 bits per heavy atom. The molecule has 0 radical (unpaired) electrons. The number of carboxylic acid groups (broad SMARTS) is 1. The summed E-state index contributed by atoms with van der Waals surface area (Å²) in [6.07, 6.45) is 1.51. The van der Waals surface area contributed by atoms with Crippen molar-refractivity contribution in [1.29, 1.82) is 0 Å². The average Bonchev–Trinajstić information content (AvgIpc) is 2.41. The van der Waals surface area contributed by atoms with Gasteiger partial charge in [0, 0.05) is 12.3 Å². The number of aromatic carboxylic acids is 1. The first kappa shape index (κ1) is 12.8. The average molecular weight is 260 g/mol. The molecule has 1 N–H and O–H groups in total. The molecule has 6 heteroatoms. The molecule has 1 aromatic carbocycles. The first-order chi connectivity index (χ1) is 9.18. The van der Waals surface area contributed by atoms with Crippen LogP contribution in [0.15, 0.2) is 47.4 Å². The fourth-order valence-electron chi connectivity index (χ4n) is 1.57. The van der Waals surface area contributed by atoms with Crippen LogP contribution in [-0.2, 0) is 6.54 Å². The Hall–Kier alpha value is -2.63. The number of carbonyl (C=O) groups is 1. The van der Waals surface area contributed by atoms with Crippen molar-refractivity contribution >= 4 is 5.97 Å². The van der Waals surface area contributed by atoms with Crippen LogP contribution in [-0.4, -0.2) is 27.5 Å². The molecular formula is C13H12N2O4. The lowest BCUT2D eigenvalue weighted by atomic mass is 10.2. The lowest BCUT2D eigenvalue weighted by Crippen LogP contribution is -2.24. The van der Waals surface area contributed by atoms with Gasteiger partial charge in [-0.3, -0.25) is 4.79 Å². The van der Waals surface area contributed by atoms with Crippen molar-refractivity contribution in [2.75, 3.05) is 6.61 Å². The molecule has 2 rings (SSSR count). The van der Waals surface area contributed by atoms with Gasteiger partial charge in [0.1, 0.15) is 17.9 Å². The van der Waals surface area contributed by atoms with Crippen molar-refractivity contribution < 1.29 is 14.6 Å². The number of carboxylic acids is 1. The third-order valence-corrected chi connectivity index (χ3v) is 2.46. The Bertz CT molecular complexity index is 636. The molecule has 0 amide bonds. The summed E-state index contributed by atoms with van der Waals surface area (Å²) in [4.78, 5) is 22.3. The highest BCUT2D eigenvalue weighted by Crippen LogP contribution is 2.17. The third-order valence-electron chi connectivity index (χ3n) is 2.46. The second-order valence-corrected chi connectivity index (χ2v) is 3.73. The van der Waals surface area contributed by atoms with E-state index in [1.54, 1.807) is 24.3 Å². The smallest absolute Gasteiger partial charge is 0.339 e. The molecule has 0 saturated heterocycles. The highest BCUT2D eigenvalue weighted by molar-refractivity contribution is 5.90. The topological polar surface area (TPSA) is 81.4 Å². The number of hydrogen-bond donors (Lipinski definition) is 1. The van der Waals surface area contributed by atoms with E-state index in [0.29, 0.717) is 0 Å². The predicted molar refractivity (Wildman–Crippen MR) is 67.4 cm³/mol. The molecule has 0 saturated carbocycles. The van der Waals surface area contributed by atoms with Crippen molar-refractivity contribution in [3.05, 3.63) is 58.5 Å². The summed E-state index contributed by atoms with van der Waals surface area (Å²) < 4.78 is 6.63. The maximum atomic E-state index is 11.4. The molecule has 0 aliphatic heterocycles. The molecule has 0 aliphatic carbocycles. The standard InChI is InChI=1S/C13H12N2O4/c16-12-6-3-7-14-15(12)8-9-19-11-5-2-1-4-10(11)13(17)18/h1-7H,8-9H2,(H,17,18). The van der Waals surface area contributed by atoms with Gasteiger partial charge in [0.15, 0.2) is 0 Å². The quantitative estimate of drug-likeness (QED) is 0.868. The van der Waals surface area contributed by atoms with E-state index < -0.39 is 5.97 Å². The monoisotopic (exact) mass is 260 g/mol. The molecule has 19 heavy (non-hydrogen) atoms. The van der Waals surface area contributed by atoms with Crippen LogP contribution in [0.5, 0.6) is 5.75 Å². The summed E-state index contributed by atoms with van der Waals surface area (Å²) in [5, 5.41) is 12.9. The van der Waals surface area contributed by atoms with E-state index in [1.165, 1.54) is 23.0 Å². The predicted octanol–water partition coefficient (Wildman–Crippen LogP) is 1.02. The van der Waals surface area contributed by atoms with Gasteiger partial charge in [-0.2, -0.15) is 5.10 Å². The third kappa shape index (κ3) is 3.19. The molecule has 0 spiro atoms. The van der Waals surface area contributed by atoms with Crippen LogP contribution in [0.2, 0.25) is 0 Å². The lowest BCUT2D eigenvalue weighted by molar-refractivity contribution is 0.0692. The zero-order valence-electron chi connectivity index (χ0n) is 10.0. The molecule has 0 unspecified atom stereocenters. The first-order valence-corrected chi connectivity index (χ1v) is 5.66. The van der Waals surface area contributed by atoms with Crippen LogP contribution in [0.4, 0.5) is 0 Å². The van der Waals surface area contributed by atoms with Crippen LogP contribution in [0, 0.1) is 0 Å². The Morgan fingerprint density at radius 2 is 2.05 bits per heavy atom. The van der Waals surface area contributed by atoms with Crippen LogP contribution >= 0.6 is 0 Å². The Labute approximate surface area is 108 Å². The van der Waals surface area contributed by atoms with Crippen LogP contribution < -0.4 is 10.3 Å². The largest absolute Gasteiger partial charge is 0.491 e. The van der Waals surface area contributed by atoms with Crippen LogP contribution in [0.1, 0.15) is 10.4 Å². The minimum absolute atomic E-state index is 0.0934. The van der Waals surface area contributed by atoms with Crippen molar-refractivity contribution in [1.82, 2.24) is 9.78 Å². The number of nitrogens with zero attached hydrogens (tertiary/aromatic N) is 2. The van der Waals surface area contributed by atoms with E-state index in [1.807, 2.05) is 0 Å². The van der Waals surface area contributed by atoms with Gasteiger partial charge in [-0.25, -0.2) is 9.48 Å². The van der Waals surface area contributed by atoms with Gasteiger partial charge in [-0.1, -0.05) is 12.1 Å². The fraction of sp³-hybridized carbons (Fsp3) is 0.154. The number of para-hydroxylation sites is 1. The molecule has 1 aromatic heterocycles. The summed E-state index contributed by atoms with van der Waals surface area (Å²) in [5.74, 6) is -0.774. The van der Waals surface area contributed by atoms with Crippen LogP contribution in [0.3, 0.4) is 0 Å². The second-order valence-electron chi connectivity index (χ2n) is 3.73. The summed E-state index contributed by atoms with van der Waals surface area (Å²) in [5.41, 5.74) is -0.131. The van der Waals surface area contributed by atoms with E-state index >= 15 is 0 Å². The van der Waals surface area contributed by atoms with E-state index in [4.69, 9.17) is 9.84 Å². The number of aromatic nitrogens is 2. The Kier molecular flexibility index (Phi) is 3.92. The Balaban J connectivity index is 2.02. The highest BCUT2D eigenvalue weighted by atomic mass is 16.5. The highest BCUT2D eigenvalue weighted by Gasteiger charge is 2.09. The molecule has 0 fully saturated rings. The van der Waals surface area contributed by atoms with Gasteiger partial charge < -0.3 is 9.84 Å². The molecule has 0 aliphatic rings. The first-order valence-electron chi connectivity index (χ1n) is 5.66. The fourth-order valence-corrected chi connectivity index (χ4v) is 1.57. The number of rotatable bonds is 5.